The van der Waals surface area contributed by atoms with Crippen LogP contribution in [0.2, 0.25) is 0 Å². The summed E-state index contributed by atoms with van der Waals surface area (Å²) in [5.41, 5.74) is 0.915. The zero-order valence-electron chi connectivity index (χ0n) is 10.8. The van der Waals surface area contributed by atoms with Crippen LogP contribution in [0.4, 0.5) is 5.69 Å². The van der Waals surface area contributed by atoms with Crippen molar-refractivity contribution >= 4 is 17.6 Å². The summed E-state index contributed by atoms with van der Waals surface area (Å²) in [6, 6.07) is 12.8. The van der Waals surface area contributed by atoms with Gasteiger partial charge in [0, 0.05) is 5.56 Å². The van der Waals surface area contributed by atoms with Crippen LogP contribution >= 0.6 is 0 Å². The van der Waals surface area contributed by atoms with Gasteiger partial charge in [0.2, 0.25) is 0 Å². The lowest BCUT2D eigenvalue weighted by Crippen LogP contribution is -2.12. The molecule has 5 heteroatoms. The van der Waals surface area contributed by atoms with E-state index in [1.807, 2.05) is 0 Å². The molecule has 0 spiro atoms. The number of ether oxygens (including phenoxy) is 1. The maximum atomic E-state index is 11.9. The summed E-state index contributed by atoms with van der Waals surface area (Å²) in [5.74, 6) is -1.09. The van der Waals surface area contributed by atoms with E-state index in [2.05, 4.69) is 10.1 Å². The van der Waals surface area contributed by atoms with Gasteiger partial charge in [-0.15, -0.1) is 0 Å². The summed E-state index contributed by atoms with van der Waals surface area (Å²) in [6.07, 6.45) is 0. The standard InChI is InChI=1S/C15H13NO4/c1-20-15(19)11-7-8-12(13(17)9-11)16-14(18)10-5-3-2-4-6-10/h2-9,17H,1H3,(H,16,18). The van der Waals surface area contributed by atoms with Gasteiger partial charge in [0.1, 0.15) is 5.75 Å². The molecule has 0 aliphatic rings. The van der Waals surface area contributed by atoms with Gasteiger partial charge in [0.25, 0.3) is 5.91 Å². The normalized spacial score (nSPS) is 9.85. The third-order valence-electron chi connectivity index (χ3n) is 2.70. The number of methoxy groups -OCH3 is 1. The maximum Gasteiger partial charge on any atom is 0.337 e. The van der Waals surface area contributed by atoms with Crippen molar-refractivity contribution in [1.82, 2.24) is 0 Å². The molecule has 0 radical (unpaired) electrons. The highest BCUT2D eigenvalue weighted by Gasteiger charge is 2.12. The number of carbonyl (C=O) groups excluding carboxylic acids is 2. The van der Waals surface area contributed by atoms with Crippen LogP contribution in [0.1, 0.15) is 20.7 Å². The van der Waals surface area contributed by atoms with Crippen LogP contribution in [-0.2, 0) is 4.74 Å². The number of aromatic hydroxyl groups is 1. The van der Waals surface area contributed by atoms with Crippen LogP contribution in [0, 0.1) is 0 Å². The van der Waals surface area contributed by atoms with Gasteiger partial charge in [-0.1, -0.05) is 18.2 Å². The summed E-state index contributed by atoms with van der Waals surface area (Å²) >= 11 is 0. The molecule has 1 amide bonds. The molecule has 0 unspecified atom stereocenters. The molecule has 2 rings (SSSR count). The number of phenolic OH excluding ortho intramolecular Hbond substituents is 1. The molecule has 2 aromatic rings. The molecule has 2 N–H and O–H groups in total. The Morgan fingerprint density at radius 2 is 1.75 bits per heavy atom. The van der Waals surface area contributed by atoms with Crippen molar-refractivity contribution in [3.8, 4) is 5.75 Å². The van der Waals surface area contributed by atoms with Crippen molar-refractivity contribution in [2.24, 2.45) is 0 Å². The molecule has 102 valence electrons. The highest BCUT2D eigenvalue weighted by atomic mass is 16.5. The van der Waals surface area contributed by atoms with Gasteiger partial charge in [0.15, 0.2) is 0 Å². The van der Waals surface area contributed by atoms with Crippen LogP contribution in [0.15, 0.2) is 48.5 Å². The number of phenols is 1. The van der Waals surface area contributed by atoms with Crippen LogP contribution in [-0.4, -0.2) is 24.1 Å². The molecule has 20 heavy (non-hydrogen) atoms. The molecule has 5 nitrogen and oxygen atoms in total. The molecular weight excluding hydrogens is 258 g/mol. The van der Waals surface area contributed by atoms with E-state index in [1.165, 1.54) is 25.3 Å². The molecule has 0 aliphatic carbocycles. The number of nitrogens with one attached hydrogen (secondary N) is 1. The quantitative estimate of drug-likeness (QED) is 0.664. The molecule has 0 saturated carbocycles. The Morgan fingerprint density at radius 3 is 2.35 bits per heavy atom. The molecule has 0 bridgehead atoms. The lowest BCUT2D eigenvalue weighted by atomic mass is 10.1. The second kappa shape index (κ2) is 5.88. The van der Waals surface area contributed by atoms with Crippen LogP contribution < -0.4 is 5.32 Å². The van der Waals surface area contributed by atoms with Crippen molar-refractivity contribution in [2.75, 3.05) is 12.4 Å². The maximum absolute atomic E-state index is 11.9. The lowest BCUT2D eigenvalue weighted by molar-refractivity contribution is 0.0600. The minimum atomic E-state index is -0.554. The second-order valence-corrected chi connectivity index (χ2v) is 4.04. The Bertz CT molecular complexity index is 638. The predicted molar refractivity (Wildman–Crippen MR) is 73.8 cm³/mol. The van der Waals surface area contributed by atoms with Crippen LogP contribution in [0.5, 0.6) is 5.75 Å². The largest absolute Gasteiger partial charge is 0.506 e. The number of esters is 1. The summed E-state index contributed by atoms with van der Waals surface area (Å²) in [4.78, 5) is 23.2. The van der Waals surface area contributed by atoms with Gasteiger partial charge < -0.3 is 15.2 Å². The van der Waals surface area contributed by atoms with E-state index in [1.54, 1.807) is 30.3 Å². The highest BCUT2D eigenvalue weighted by Crippen LogP contribution is 2.25. The SMILES string of the molecule is COC(=O)c1ccc(NC(=O)c2ccccc2)c(O)c1. The molecule has 2 aromatic carbocycles. The number of amides is 1. The van der Waals surface area contributed by atoms with Crippen molar-refractivity contribution < 1.29 is 19.4 Å². The Labute approximate surface area is 115 Å². The number of anilines is 1. The minimum Gasteiger partial charge on any atom is -0.506 e. The lowest BCUT2D eigenvalue weighted by Gasteiger charge is -2.08. The summed E-state index contributed by atoms with van der Waals surface area (Å²) in [6.45, 7) is 0. The third-order valence-corrected chi connectivity index (χ3v) is 2.70. The number of rotatable bonds is 3. The Hall–Kier alpha value is -2.82. The Morgan fingerprint density at radius 1 is 1.05 bits per heavy atom. The van der Waals surface area contributed by atoms with Gasteiger partial charge >= 0.3 is 5.97 Å². The summed E-state index contributed by atoms with van der Waals surface area (Å²) in [7, 11) is 1.25. The fourth-order valence-electron chi connectivity index (χ4n) is 1.67. The molecule has 0 aromatic heterocycles. The van der Waals surface area contributed by atoms with Gasteiger partial charge in [-0.05, 0) is 30.3 Å². The smallest absolute Gasteiger partial charge is 0.337 e. The number of hydrogen-bond acceptors (Lipinski definition) is 4. The van der Waals surface area contributed by atoms with Crippen molar-refractivity contribution in [3.63, 3.8) is 0 Å². The topological polar surface area (TPSA) is 75.6 Å². The average Bonchev–Trinajstić information content (AvgIpc) is 2.49. The number of carbonyl (C=O) groups is 2. The summed E-state index contributed by atoms with van der Waals surface area (Å²) < 4.78 is 4.54. The molecule has 0 fully saturated rings. The van der Waals surface area contributed by atoms with Crippen LogP contribution in [0.3, 0.4) is 0 Å². The minimum absolute atomic E-state index is 0.197. The van der Waals surface area contributed by atoms with E-state index < -0.39 is 5.97 Å². The van der Waals surface area contributed by atoms with Gasteiger partial charge in [-0.3, -0.25) is 4.79 Å². The van der Waals surface area contributed by atoms with Gasteiger partial charge in [-0.25, -0.2) is 4.79 Å². The third kappa shape index (κ3) is 2.95. The van der Waals surface area contributed by atoms with Crippen molar-refractivity contribution in [2.45, 2.75) is 0 Å². The first-order chi connectivity index (χ1) is 9.61. The van der Waals surface area contributed by atoms with E-state index in [0.717, 1.165) is 0 Å². The average molecular weight is 271 g/mol. The number of hydrogen-bond donors (Lipinski definition) is 2. The molecule has 0 atom stereocenters. The van der Waals surface area contributed by atoms with Crippen molar-refractivity contribution in [1.29, 1.82) is 0 Å². The van der Waals surface area contributed by atoms with E-state index in [0.29, 0.717) is 5.56 Å². The van der Waals surface area contributed by atoms with Crippen LogP contribution in [0.25, 0.3) is 0 Å². The van der Waals surface area contributed by atoms with Gasteiger partial charge in [-0.2, -0.15) is 0 Å². The fourth-order valence-corrected chi connectivity index (χ4v) is 1.67. The van der Waals surface area contributed by atoms with E-state index >= 15 is 0 Å². The highest BCUT2D eigenvalue weighted by molar-refractivity contribution is 6.05. The fraction of sp³-hybridized carbons (Fsp3) is 0.0667. The Kier molecular flexibility index (Phi) is 4.00. The number of benzene rings is 2. The van der Waals surface area contributed by atoms with Gasteiger partial charge in [0.05, 0.1) is 18.4 Å². The summed E-state index contributed by atoms with van der Waals surface area (Å²) in [5, 5.41) is 12.4. The first-order valence-corrected chi connectivity index (χ1v) is 5.89. The molecule has 0 aliphatic heterocycles. The van der Waals surface area contributed by atoms with Crippen molar-refractivity contribution in [3.05, 3.63) is 59.7 Å². The predicted octanol–water partition coefficient (Wildman–Crippen LogP) is 2.43. The van der Waals surface area contributed by atoms with E-state index in [-0.39, 0.29) is 22.9 Å². The zero-order valence-corrected chi connectivity index (χ0v) is 10.8. The monoisotopic (exact) mass is 271 g/mol. The second-order valence-electron chi connectivity index (χ2n) is 4.04. The molecule has 0 saturated heterocycles. The Balaban J connectivity index is 2.18. The van der Waals surface area contributed by atoms with E-state index in [4.69, 9.17) is 0 Å². The van der Waals surface area contributed by atoms with E-state index in [9.17, 15) is 14.7 Å². The molecule has 0 heterocycles. The molecular formula is C15H13NO4. The first-order valence-electron chi connectivity index (χ1n) is 5.89. The first kappa shape index (κ1) is 13.6. The zero-order chi connectivity index (χ0) is 14.5.